The molecule has 186 valence electrons. The van der Waals surface area contributed by atoms with E-state index in [0.29, 0.717) is 25.1 Å². The summed E-state index contributed by atoms with van der Waals surface area (Å²) in [5.74, 6) is -0.120. The topological polar surface area (TPSA) is 83.8 Å². The minimum atomic E-state index is -1.33. The minimum absolute atomic E-state index is 0.00862. The Labute approximate surface area is 205 Å². The van der Waals surface area contributed by atoms with Gasteiger partial charge in [0.2, 0.25) is 0 Å². The fourth-order valence-corrected chi connectivity index (χ4v) is 6.80. The van der Waals surface area contributed by atoms with Crippen molar-refractivity contribution < 1.29 is 18.6 Å². The molecule has 0 aromatic heterocycles. The average Bonchev–Trinajstić information content (AvgIpc) is 3.30. The van der Waals surface area contributed by atoms with Crippen molar-refractivity contribution in [2.75, 3.05) is 26.2 Å². The number of benzene rings is 1. The molecule has 1 heterocycles. The zero-order chi connectivity index (χ0) is 24.6. The fourth-order valence-electron chi connectivity index (χ4n) is 4.95. The fraction of sp³-hybridized carbons (Fsp3) is 0.615. The molecule has 1 N–H and O–H groups in total. The third-order valence-electron chi connectivity index (χ3n) is 6.54. The van der Waals surface area contributed by atoms with Gasteiger partial charge in [0, 0.05) is 37.5 Å². The largest absolute Gasteiger partial charge is 0.366 e. The van der Waals surface area contributed by atoms with Crippen LogP contribution in [0.4, 0.5) is 0 Å². The van der Waals surface area contributed by atoms with Gasteiger partial charge in [0.25, 0.3) is 14.4 Å². The molecule has 7 nitrogen and oxygen atoms in total. The van der Waals surface area contributed by atoms with Gasteiger partial charge in [0.1, 0.15) is 6.10 Å². The lowest BCUT2D eigenvalue weighted by molar-refractivity contribution is -0.0804. The summed E-state index contributed by atoms with van der Waals surface area (Å²) < 4.78 is 21.7. The average molecular weight is 488 g/mol. The van der Waals surface area contributed by atoms with Gasteiger partial charge < -0.3 is 19.1 Å². The first-order valence-corrected chi connectivity index (χ1v) is 13.5. The molecule has 5 atom stereocenters. The number of rotatable bonds is 14. The van der Waals surface area contributed by atoms with Crippen LogP contribution in [0.1, 0.15) is 63.2 Å². The van der Waals surface area contributed by atoms with Crippen LogP contribution < -0.4 is 5.32 Å². The number of carbonyl (C=O) groups is 1. The van der Waals surface area contributed by atoms with Crippen molar-refractivity contribution in [3.8, 4) is 6.07 Å². The van der Waals surface area contributed by atoms with Crippen LogP contribution in [0, 0.1) is 17.2 Å². The van der Waals surface area contributed by atoms with Crippen molar-refractivity contribution in [3.05, 3.63) is 48.0 Å². The summed E-state index contributed by atoms with van der Waals surface area (Å²) >= 11 is 0. The standard InChI is InChI=1S/C26H38N3O4P/c1-5-15-29(16-6-2)34(31-17-11-14-27)33-24-23-20(4)18-26(24,7-3)32-22(23)19-28-25(30)21-12-9-8-10-13-21/h8-10,12-13,22-24H,4-7,11,15-19H2,1-3H3,(H,28,30)/t22-,23-,24-,26-,34?/m0/s1. The molecule has 1 amide bonds. The third-order valence-corrected chi connectivity index (χ3v) is 8.21. The van der Waals surface area contributed by atoms with E-state index in [9.17, 15) is 4.79 Å². The summed E-state index contributed by atoms with van der Waals surface area (Å²) in [6.07, 6.45) is 3.49. The van der Waals surface area contributed by atoms with E-state index in [0.717, 1.165) is 44.3 Å². The molecule has 1 aliphatic carbocycles. The van der Waals surface area contributed by atoms with Crippen LogP contribution in [0.2, 0.25) is 0 Å². The zero-order valence-corrected chi connectivity index (χ0v) is 21.6. The lowest BCUT2D eigenvalue weighted by Gasteiger charge is -2.35. The second-order valence-corrected chi connectivity index (χ2v) is 10.5. The number of hydrogen-bond donors (Lipinski definition) is 1. The predicted octanol–water partition coefficient (Wildman–Crippen LogP) is 5.20. The van der Waals surface area contributed by atoms with Crippen LogP contribution in [0.3, 0.4) is 0 Å². The van der Waals surface area contributed by atoms with Gasteiger partial charge in [-0.2, -0.15) is 5.26 Å². The number of fused-ring (bicyclic) bond motifs is 2. The second-order valence-electron chi connectivity index (χ2n) is 8.97. The number of carbonyl (C=O) groups excluding carboxylic acids is 1. The summed E-state index contributed by atoms with van der Waals surface area (Å²) in [5.41, 5.74) is 1.28. The Morgan fingerprint density at radius 3 is 2.62 bits per heavy atom. The van der Waals surface area contributed by atoms with Crippen molar-refractivity contribution in [2.24, 2.45) is 5.92 Å². The quantitative estimate of drug-likeness (QED) is 0.221. The van der Waals surface area contributed by atoms with Gasteiger partial charge >= 0.3 is 0 Å². The molecule has 1 aromatic rings. The van der Waals surface area contributed by atoms with Gasteiger partial charge in [-0.3, -0.25) is 4.79 Å². The highest BCUT2D eigenvalue weighted by Gasteiger charge is 2.62. The number of nitrogens with zero attached hydrogens (tertiary/aromatic N) is 2. The van der Waals surface area contributed by atoms with Crippen LogP contribution in [0.25, 0.3) is 0 Å². The summed E-state index contributed by atoms with van der Waals surface area (Å²) in [7, 11) is -1.33. The molecule has 2 fully saturated rings. The van der Waals surface area contributed by atoms with Crippen molar-refractivity contribution in [2.45, 2.75) is 70.7 Å². The molecule has 2 bridgehead atoms. The maximum Gasteiger partial charge on any atom is 0.259 e. The first-order chi connectivity index (χ1) is 16.5. The molecule has 1 saturated heterocycles. The van der Waals surface area contributed by atoms with Gasteiger partial charge in [-0.1, -0.05) is 51.1 Å². The molecular weight excluding hydrogens is 449 g/mol. The molecule has 1 aliphatic heterocycles. The first-order valence-electron chi connectivity index (χ1n) is 12.4. The van der Waals surface area contributed by atoms with Crippen LogP contribution in [-0.4, -0.2) is 54.6 Å². The molecule has 1 aromatic carbocycles. The van der Waals surface area contributed by atoms with E-state index in [1.54, 1.807) is 12.1 Å². The van der Waals surface area contributed by atoms with E-state index >= 15 is 0 Å². The highest BCUT2D eigenvalue weighted by molar-refractivity contribution is 7.44. The van der Waals surface area contributed by atoms with Gasteiger partial charge in [0.15, 0.2) is 0 Å². The molecule has 2 aliphatic rings. The molecule has 34 heavy (non-hydrogen) atoms. The van der Waals surface area contributed by atoms with Crippen molar-refractivity contribution >= 4 is 14.4 Å². The summed E-state index contributed by atoms with van der Waals surface area (Å²) in [4.78, 5) is 12.6. The lowest BCUT2D eigenvalue weighted by atomic mass is 9.95. The Balaban J connectivity index is 1.75. The van der Waals surface area contributed by atoms with E-state index in [-0.39, 0.29) is 24.0 Å². The molecule has 1 saturated carbocycles. The summed E-state index contributed by atoms with van der Waals surface area (Å²) in [6.45, 7) is 13.3. The Kier molecular flexibility index (Phi) is 10.1. The molecule has 3 rings (SSSR count). The summed E-state index contributed by atoms with van der Waals surface area (Å²) in [6, 6.07) is 11.4. The number of hydrogen-bond acceptors (Lipinski definition) is 6. The third kappa shape index (κ3) is 6.05. The second kappa shape index (κ2) is 12.8. The van der Waals surface area contributed by atoms with Crippen LogP contribution in [0.5, 0.6) is 0 Å². The van der Waals surface area contributed by atoms with E-state index in [1.807, 2.05) is 18.2 Å². The van der Waals surface area contributed by atoms with Crippen LogP contribution in [-0.2, 0) is 13.8 Å². The first kappa shape index (κ1) is 26.8. The Bertz CT molecular complexity index is 855. The normalized spacial score (nSPS) is 26.6. The van der Waals surface area contributed by atoms with E-state index in [4.69, 9.17) is 19.0 Å². The van der Waals surface area contributed by atoms with Gasteiger partial charge in [0.05, 0.1) is 30.8 Å². The van der Waals surface area contributed by atoms with E-state index in [2.05, 4.69) is 43.4 Å². The number of ether oxygens (including phenoxy) is 1. The van der Waals surface area contributed by atoms with Gasteiger partial charge in [-0.05, 0) is 31.4 Å². The molecule has 1 unspecified atom stereocenters. The van der Waals surface area contributed by atoms with Crippen molar-refractivity contribution in [1.82, 2.24) is 9.99 Å². The monoisotopic (exact) mass is 487 g/mol. The number of amides is 1. The molecule has 8 heteroatoms. The maximum absolute atomic E-state index is 12.6. The SMILES string of the molecule is C=C1C[C@]2(CC)O[C@@H](CNC(=O)c3ccccc3)[C@H]1[C@@H]2OP(OCCC#N)N(CCC)CCC. The zero-order valence-electron chi connectivity index (χ0n) is 20.7. The van der Waals surface area contributed by atoms with E-state index < -0.39 is 14.1 Å². The smallest absolute Gasteiger partial charge is 0.259 e. The van der Waals surface area contributed by atoms with Crippen molar-refractivity contribution in [3.63, 3.8) is 0 Å². The van der Waals surface area contributed by atoms with E-state index in [1.165, 1.54) is 0 Å². The van der Waals surface area contributed by atoms with Gasteiger partial charge in [-0.15, -0.1) is 0 Å². The lowest BCUT2D eigenvalue weighted by Crippen LogP contribution is -2.40. The Morgan fingerprint density at radius 2 is 2.00 bits per heavy atom. The van der Waals surface area contributed by atoms with Gasteiger partial charge in [-0.25, -0.2) is 4.67 Å². The Hall–Kier alpha value is -1.81. The predicted molar refractivity (Wildman–Crippen MR) is 134 cm³/mol. The van der Waals surface area contributed by atoms with Crippen LogP contribution in [0.15, 0.2) is 42.5 Å². The highest BCUT2D eigenvalue weighted by Crippen LogP contribution is 2.58. The molecular formula is C26H38N3O4P. The molecule has 0 spiro atoms. The minimum Gasteiger partial charge on any atom is -0.366 e. The number of nitrogens with one attached hydrogen (secondary N) is 1. The summed E-state index contributed by atoms with van der Waals surface area (Å²) in [5, 5.41) is 12.0. The number of nitriles is 1. The van der Waals surface area contributed by atoms with Crippen molar-refractivity contribution in [1.29, 1.82) is 5.26 Å². The maximum atomic E-state index is 12.6. The highest BCUT2D eigenvalue weighted by atomic mass is 31.2. The molecule has 0 radical (unpaired) electrons. The Morgan fingerprint density at radius 1 is 1.29 bits per heavy atom. The van der Waals surface area contributed by atoms with Crippen LogP contribution >= 0.6 is 8.53 Å².